The average Bonchev–Trinajstić information content (AvgIpc) is 2.99. The van der Waals surface area contributed by atoms with Gasteiger partial charge in [0.25, 0.3) is 11.8 Å². The van der Waals surface area contributed by atoms with Crippen LogP contribution in [0.1, 0.15) is 29.8 Å². The third kappa shape index (κ3) is 8.58. The van der Waals surface area contributed by atoms with Crippen molar-refractivity contribution in [2.45, 2.75) is 24.0 Å². The summed E-state index contributed by atoms with van der Waals surface area (Å²) in [5.41, 5.74) is 2.32. The van der Waals surface area contributed by atoms with E-state index in [4.69, 9.17) is 4.74 Å². The maximum Gasteiger partial charge on any atom is 0.272 e. The Hall–Kier alpha value is -4.34. The van der Waals surface area contributed by atoms with E-state index in [9.17, 15) is 14.4 Å². The molecule has 4 rings (SSSR count). The highest BCUT2D eigenvalue weighted by Crippen LogP contribution is 2.28. The van der Waals surface area contributed by atoms with Crippen LogP contribution < -0.4 is 20.7 Å². The van der Waals surface area contributed by atoms with E-state index in [0.29, 0.717) is 34.9 Å². The van der Waals surface area contributed by atoms with Gasteiger partial charge in [0.2, 0.25) is 5.91 Å². The number of nitrogens with one attached hydrogen (secondary N) is 3. The van der Waals surface area contributed by atoms with Crippen LogP contribution in [0.5, 0.6) is 5.75 Å². The van der Waals surface area contributed by atoms with Gasteiger partial charge in [0.1, 0.15) is 11.4 Å². The molecule has 0 spiro atoms. The number of para-hydroxylation sites is 2. The van der Waals surface area contributed by atoms with Gasteiger partial charge in [0.05, 0.1) is 17.5 Å². The number of halogens is 1. The van der Waals surface area contributed by atoms with Gasteiger partial charge < -0.3 is 20.7 Å². The zero-order valence-electron chi connectivity index (χ0n) is 23.1. The van der Waals surface area contributed by atoms with Crippen molar-refractivity contribution < 1.29 is 19.1 Å². The number of thioether (sulfide) groups is 1. The number of amides is 3. The zero-order valence-corrected chi connectivity index (χ0v) is 25.5. The molecule has 0 radical (unpaired) electrons. The van der Waals surface area contributed by atoms with Gasteiger partial charge in [-0.1, -0.05) is 54.6 Å². The van der Waals surface area contributed by atoms with Gasteiger partial charge in [-0.15, -0.1) is 11.8 Å². The Morgan fingerprint density at radius 2 is 1.60 bits per heavy atom. The molecule has 9 heteroatoms. The maximum absolute atomic E-state index is 13.5. The molecule has 0 heterocycles. The molecule has 0 aliphatic rings. The van der Waals surface area contributed by atoms with Crippen molar-refractivity contribution in [1.29, 1.82) is 0 Å². The summed E-state index contributed by atoms with van der Waals surface area (Å²) in [6, 6.07) is 30.6. The molecule has 0 aliphatic heterocycles. The van der Waals surface area contributed by atoms with Crippen LogP contribution >= 0.6 is 27.7 Å². The van der Waals surface area contributed by atoms with Crippen LogP contribution in [-0.2, 0) is 9.59 Å². The molecular formula is C33H30BrN3O4S. The second-order valence-electron chi connectivity index (χ2n) is 9.06. The Kier molecular flexibility index (Phi) is 11.0. The Morgan fingerprint density at radius 3 is 2.36 bits per heavy atom. The van der Waals surface area contributed by atoms with Gasteiger partial charge in [-0.05, 0) is 84.4 Å². The molecule has 4 aromatic rings. The van der Waals surface area contributed by atoms with Crippen LogP contribution in [0.4, 0.5) is 11.4 Å². The third-order valence-electron chi connectivity index (χ3n) is 5.95. The number of carbonyl (C=O) groups is 3. The van der Waals surface area contributed by atoms with Crippen LogP contribution in [0.15, 0.2) is 118 Å². The van der Waals surface area contributed by atoms with E-state index in [-0.39, 0.29) is 11.6 Å². The molecule has 42 heavy (non-hydrogen) atoms. The Labute approximate surface area is 257 Å². The highest BCUT2D eigenvalue weighted by atomic mass is 79.9. The lowest BCUT2D eigenvalue weighted by Crippen LogP contribution is -2.30. The van der Waals surface area contributed by atoms with Gasteiger partial charge in [0, 0.05) is 26.2 Å². The summed E-state index contributed by atoms with van der Waals surface area (Å²) in [6.07, 6.45) is 1.59. The number of hydrogen-bond donors (Lipinski definition) is 3. The summed E-state index contributed by atoms with van der Waals surface area (Å²) >= 11 is 4.81. The summed E-state index contributed by atoms with van der Waals surface area (Å²) in [5.74, 6) is -0.483. The summed E-state index contributed by atoms with van der Waals surface area (Å²) in [6.45, 7) is 4.14. The van der Waals surface area contributed by atoms with Gasteiger partial charge >= 0.3 is 0 Å². The van der Waals surface area contributed by atoms with E-state index >= 15 is 0 Å². The van der Waals surface area contributed by atoms with E-state index in [1.165, 1.54) is 11.8 Å². The van der Waals surface area contributed by atoms with Crippen molar-refractivity contribution >= 4 is 62.9 Å². The van der Waals surface area contributed by atoms with Crippen LogP contribution in [0.3, 0.4) is 0 Å². The summed E-state index contributed by atoms with van der Waals surface area (Å²) < 4.78 is 6.51. The minimum Gasteiger partial charge on any atom is -0.493 e. The molecule has 0 bridgehead atoms. The standard InChI is InChI=1S/C33H30BrN3O4S/c1-3-41-30-19-10-7-14-24(30)20-29(37-32(39)23-12-5-4-6-13-23)33(40)35-25-15-11-16-26(21-25)42-22(2)31(38)36-28-18-9-8-17-27(28)34/h4-22H,3H2,1-2H3,(H,35,40)(H,36,38)(H,37,39)/b29-20+. The van der Waals surface area contributed by atoms with Gasteiger partial charge in [-0.25, -0.2) is 0 Å². The molecule has 1 atom stereocenters. The topological polar surface area (TPSA) is 96.5 Å². The maximum atomic E-state index is 13.5. The molecule has 0 aromatic heterocycles. The first-order chi connectivity index (χ1) is 20.3. The van der Waals surface area contributed by atoms with E-state index in [1.54, 1.807) is 54.6 Å². The summed E-state index contributed by atoms with van der Waals surface area (Å²) in [5, 5.41) is 8.15. The fraction of sp³-hybridized carbons (Fsp3) is 0.121. The number of benzene rings is 4. The average molecular weight is 645 g/mol. The van der Waals surface area contributed by atoms with Crippen LogP contribution in [-0.4, -0.2) is 29.6 Å². The fourth-order valence-corrected chi connectivity index (χ4v) is 5.20. The Bertz CT molecular complexity index is 1590. The molecule has 1 unspecified atom stereocenters. The van der Waals surface area contributed by atoms with Crippen LogP contribution in [0.2, 0.25) is 0 Å². The molecular weight excluding hydrogens is 614 g/mol. The molecule has 3 amide bonds. The van der Waals surface area contributed by atoms with E-state index in [1.807, 2.05) is 68.4 Å². The van der Waals surface area contributed by atoms with Crippen molar-refractivity contribution in [2.75, 3.05) is 17.2 Å². The number of carbonyl (C=O) groups excluding carboxylic acids is 3. The van der Waals surface area contributed by atoms with E-state index < -0.39 is 17.1 Å². The lowest BCUT2D eigenvalue weighted by molar-refractivity contribution is -0.115. The number of ether oxygens (including phenoxy) is 1. The van der Waals surface area contributed by atoms with Crippen molar-refractivity contribution in [2.24, 2.45) is 0 Å². The summed E-state index contributed by atoms with van der Waals surface area (Å²) in [4.78, 5) is 40.1. The third-order valence-corrected chi connectivity index (χ3v) is 7.74. The van der Waals surface area contributed by atoms with Crippen molar-refractivity contribution in [3.8, 4) is 5.75 Å². The normalized spacial score (nSPS) is 11.7. The highest BCUT2D eigenvalue weighted by Gasteiger charge is 2.18. The van der Waals surface area contributed by atoms with E-state index in [0.717, 1.165) is 9.37 Å². The lowest BCUT2D eigenvalue weighted by atomic mass is 10.1. The van der Waals surface area contributed by atoms with Crippen molar-refractivity contribution in [3.63, 3.8) is 0 Å². The quantitative estimate of drug-likeness (QED) is 0.117. The van der Waals surface area contributed by atoms with Crippen LogP contribution in [0.25, 0.3) is 6.08 Å². The van der Waals surface area contributed by atoms with Crippen molar-refractivity contribution in [1.82, 2.24) is 5.32 Å². The number of rotatable bonds is 11. The lowest BCUT2D eigenvalue weighted by Gasteiger charge is -2.15. The van der Waals surface area contributed by atoms with Crippen molar-refractivity contribution in [3.05, 3.63) is 124 Å². The molecule has 3 N–H and O–H groups in total. The fourth-order valence-electron chi connectivity index (χ4n) is 3.88. The first-order valence-corrected chi connectivity index (χ1v) is 14.9. The first kappa shape index (κ1) is 30.6. The largest absolute Gasteiger partial charge is 0.493 e. The zero-order chi connectivity index (χ0) is 29.9. The van der Waals surface area contributed by atoms with E-state index in [2.05, 4.69) is 31.9 Å². The second kappa shape index (κ2) is 15.0. The predicted octanol–water partition coefficient (Wildman–Crippen LogP) is 7.38. The highest BCUT2D eigenvalue weighted by molar-refractivity contribution is 9.10. The van der Waals surface area contributed by atoms with Gasteiger partial charge in [0.15, 0.2) is 0 Å². The SMILES string of the molecule is CCOc1ccccc1/C=C(/NC(=O)c1ccccc1)C(=O)Nc1cccc(SC(C)C(=O)Nc2ccccc2Br)c1. The Balaban J connectivity index is 1.52. The van der Waals surface area contributed by atoms with Crippen LogP contribution in [0, 0.1) is 0 Å². The molecule has 0 saturated heterocycles. The first-order valence-electron chi connectivity index (χ1n) is 13.3. The molecule has 4 aromatic carbocycles. The minimum atomic E-state index is -0.507. The Morgan fingerprint density at radius 1 is 0.881 bits per heavy atom. The molecule has 0 aliphatic carbocycles. The molecule has 0 fully saturated rings. The van der Waals surface area contributed by atoms with Gasteiger partial charge in [-0.2, -0.15) is 0 Å². The molecule has 0 saturated carbocycles. The number of anilines is 2. The number of hydrogen-bond acceptors (Lipinski definition) is 5. The van der Waals surface area contributed by atoms with Gasteiger partial charge in [-0.3, -0.25) is 14.4 Å². The monoisotopic (exact) mass is 643 g/mol. The minimum absolute atomic E-state index is 0.0512. The predicted molar refractivity (Wildman–Crippen MR) is 173 cm³/mol. The summed E-state index contributed by atoms with van der Waals surface area (Å²) in [7, 11) is 0. The molecule has 7 nitrogen and oxygen atoms in total. The smallest absolute Gasteiger partial charge is 0.272 e. The second-order valence-corrected chi connectivity index (χ2v) is 11.3. The molecule has 214 valence electrons.